The minimum Gasteiger partial charge on any atom is -0.381 e. The van der Waals surface area contributed by atoms with Gasteiger partial charge >= 0.3 is 0 Å². The number of carbonyl (C=O) groups excluding carboxylic acids is 1. The maximum Gasteiger partial charge on any atom is 0.225 e. The molecular weight excluding hydrogens is 192 g/mol. The SMILES string of the molecule is CCOCCC(=O)N1C(C)CNCC1C. The Balaban J connectivity index is 2.41. The summed E-state index contributed by atoms with van der Waals surface area (Å²) in [7, 11) is 0. The molecule has 1 fully saturated rings. The molecule has 0 radical (unpaired) electrons. The van der Waals surface area contributed by atoms with Crippen molar-refractivity contribution in [1.29, 1.82) is 0 Å². The van der Waals surface area contributed by atoms with E-state index in [0.717, 1.165) is 13.1 Å². The number of carbonyl (C=O) groups is 1. The van der Waals surface area contributed by atoms with Crippen molar-refractivity contribution in [2.24, 2.45) is 0 Å². The van der Waals surface area contributed by atoms with Crippen molar-refractivity contribution in [2.45, 2.75) is 39.3 Å². The Bertz CT molecular complexity index is 199. The standard InChI is InChI=1S/C11H22N2O2/c1-4-15-6-5-11(14)13-9(2)7-12-8-10(13)3/h9-10,12H,4-8H2,1-3H3. The number of ether oxygens (including phenoxy) is 1. The Morgan fingerprint density at radius 3 is 2.53 bits per heavy atom. The first-order valence-electron chi connectivity index (χ1n) is 5.76. The lowest BCUT2D eigenvalue weighted by atomic mass is 10.1. The highest BCUT2D eigenvalue weighted by atomic mass is 16.5. The Kier molecular flexibility index (Phi) is 5.05. The summed E-state index contributed by atoms with van der Waals surface area (Å²) in [4.78, 5) is 13.9. The van der Waals surface area contributed by atoms with E-state index in [2.05, 4.69) is 19.2 Å². The van der Waals surface area contributed by atoms with Crippen molar-refractivity contribution in [3.63, 3.8) is 0 Å². The molecule has 4 heteroatoms. The zero-order valence-electron chi connectivity index (χ0n) is 9.95. The molecule has 1 saturated heterocycles. The fourth-order valence-corrected chi connectivity index (χ4v) is 2.06. The predicted octanol–water partition coefficient (Wildman–Crippen LogP) is 0.622. The van der Waals surface area contributed by atoms with Crippen molar-refractivity contribution in [3.8, 4) is 0 Å². The van der Waals surface area contributed by atoms with Crippen molar-refractivity contribution in [2.75, 3.05) is 26.3 Å². The highest BCUT2D eigenvalue weighted by Crippen LogP contribution is 2.11. The Morgan fingerprint density at radius 2 is 2.00 bits per heavy atom. The van der Waals surface area contributed by atoms with Gasteiger partial charge in [-0.1, -0.05) is 0 Å². The van der Waals surface area contributed by atoms with Gasteiger partial charge in [-0.05, 0) is 20.8 Å². The van der Waals surface area contributed by atoms with Crippen LogP contribution in [0.5, 0.6) is 0 Å². The maximum absolute atomic E-state index is 11.9. The van der Waals surface area contributed by atoms with Crippen LogP contribution in [0.4, 0.5) is 0 Å². The molecule has 1 heterocycles. The topological polar surface area (TPSA) is 41.6 Å². The van der Waals surface area contributed by atoms with Gasteiger partial charge in [0.05, 0.1) is 13.0 Å². The molecule has 1 N–H and O–H groups in total. The van der Waals surface area contributed by atoms with Crippen molar-refractivity contribution in [1.82, 2.24) is 10.2 Å². The Morgan fingerprint density at radius 1 is 1.40 bits per heavy atom. The van der Waals surface area contributed by atoms with Gasteiger partial charge in [-0.3, -0.25) is 4.79 Å². The molecule has 0 aromatic rings. The van der Waals surface area contributed by atoms with Crippen LogP contribution in [-0.2, 0) is 9.53 Å². The summed E-state index contributed by atoms with van der Waals surface area (Å²) in [5.74, 6) is 0.213. The molecule has 1 aliphatic heterocycles. The number of amides is 1. The van der Waals surface area contributed by atoms with Gasteiger partial charge in [0.15, 0.2) is 0 Å². The van der Waals surface area contributed by atoms with Crippen molar-refractivity contribution < 1.29 is 9.53 Å². The Labute approximate surface area is 92.0 Å². The van der Waals surface area contributed by atoms with E-state index in [1.54, 1.807) is 0 Å². The van der Waals surface area contributed by atoms with E-state index in [1.807, 2.05) is 11.8 Å². The fourth-order valence-electron chi connectivity index (χ4n) is 2.06. The largest absolute Gasteiger partial charge is 0.381 e. The number of nitrogens with one attached hydrogen (secondary N) is 1. The van der Waals surface area contributed by atoms with Gasteiger partial charge < -0.3 is 15.0 Å². The molecule has 2 atom stereocenters. The van der Waals surface area contributed by atoms with Crippen molar-refractivity contribution >= 4 is 5.91 Å². The second-order valence-corrected chi connectivity index (χ2v) is 4.10. The van der Waals surface area contributed by atoms with Crippen LogP contribution < -0.4 is 5.32 Å². The monoisotopic (exact) mass is 214 g/mol. The first-order chi connectivity index (χ1) is 7.16. The minimum atomic E-state index is 0.213. The van der Waals surface area contributed by atoms with Crippen LogP contribution in [-0.4, -0.2) is 49.2 Å². The van der Waals surface area contributed by atoms with E-state index in [1.165, 1.54) is 0 Å². The molecule has 0 aliphatic carbocycles. The lowest BCUT2D eigenvalue weighted by molar-refractivity contribution is -0.137. The van der Waals surface area contributed by atoms with E-state index in [-0.39, 0.29) is 5.91 Å². The molecular formula is C11H22N2O2. The normalized spacial score (nSPS) is 26.7. The first-order valence-corrected chi connectivity index (χ1v) is 5.76. The van der Waals surface area contributed by atoms with Crippen LogP contribution in [0.15, 0.2) is 0 Å². The molecule has 4 nitrogen and oxygen atoms in total. The van der Waals surface area contributed by atoms with Crippen LogP contribution in [0.3, 0.4) is 0 Å². The quantitative estimate of drug-likeness (QED) is 0.698. The number of nitrogens with zero attached hydrogens (tertiary/aromatic N) is 1. The second-order valence-electron chi connectivity index (χ2n) is 4.10. The molecule has 0 saturated carbocycles. The average molecular weight is 214 g/mol. The number of piperazine rings is 1. The summed E-state index contributed by atoms with van der Waals surface area (Å²) in [6, 6.07) is 0.589. The van der Waals surface area contributed by atoms with Gasteiger partial charge in [0.25, 0.3) is 0 Å². The Hall–Kier alpha value is -0.610. The van der Waals surface area contributed by atoms with Crippen LogP contribution in [0.1, 0.15) is 27.2 Å². The average Bonchev–Trinajstić information content (AvgIpc) is 2.18. The van der Waals surface area contributed by atoms with E-state index >= 15 is 0 Å². The smallest absolute Gasteiger partial charge is 0.225 e. The molecule has 0 aromatic heterocycles. The van der Waals surface area contributed by atoms with Crippen LogP contribution in [0, 0.1) is 0 Å². The molecule has 1 amide bonds. The van der Waals surface area contributed by atoms with E-state index < -0.39 is 0 Å². The summed E-state index contributed by atoms with van der Waals surface area (Å²) in [5, 5.41) is 3.31. The van der Waals surface area contributed by atoms with Crippen molar-refractivity contribution in [3.05, 3.63) is 0 Å². The second kappa shape index (κ2) is 6.08. The van der Waals surface area contributed by atoms with E-state index in [0.29, 0.717) is 31.7 Å². The lowest BCUT2D eigenvalue weighted by Crippen LogP contribution is -2.57. The first kappa shape index (κ1) is 12.5. The molecule has 88 valence electrons. The summed E-state index contributed by atoms with van der Waals surface area (Å²) >= 11 is 0. The fraction of sp³-hybridized carbons (Fsp3) is 0.909. The third kappa shape index (κ3) is 3.47. The van der Waals surface area contributed by atoms with Gasteiger partial charge in [-0.15, -0.1) is 0 Å². The highest BCUT2D eigenvalue weighted by Gasteiger charge is 2.27. The molecule has 2 unspecified atom stereocenters. The summed E-state index contributed by atoms with van der Waals surface area (Å²) < 4.78 is 5.20. The maximum atomic E-state index is 11.9. The van der Waals surface area contributed by atoms with Gasteiger partial charge in [-0.25, -0.2) is 0 Å². The lowest BCUT2D eigenvalue weighted by Gasteiger charge is -2.39. The van der Waals surface area contributed by atoms with Gasteiger partial charge in [0, 0.05) is 31.8 Å². The van der Waals surface area contributed by atoms with Gasteiger partial charge in [-0.2, -0.15) is 0 Å². The van der Waals surface area contributed by atoms with Crippen LogP contribution in [0.2, 0.25) is 0 Å². The number of hydrogen-bond donors (Lipinski definition) is 1. The van der Waals surface area contributed by atoms with Crippen LogP contribution >= 0.6 is 0 Å². The van der Waals surface area contributed by atoms with Crippen LogP contribution in [0.25, 0.3) is 0 Å². The predicted molar refractivity (Wildman–Crippen MR) is 59.7 cm³/mol. The zero-order chi connectivity index (χ0) is 11.3. The molecule has 15 heavy (non-hydrogen) atoms. The summed E-state index contributed by atoms with van der Waals surface area (Å²) in [6.45, 7) is 9.12. The molecule has 1 rings (SSSR count). The van der Waals surface area contributed by atoms with Gasteiger partial charge in [0.1, 0.15) is 0 Å². The highest BCUT2D eigenvalue weighted by molar-refractivity contribution is 5.77. The third-order valence-electron chi connectivity index (χ3n) is 2.78. The molecule has 1 aliphatic rings. The van der Waals surface area contributed by atoms with Gasteiger partial charge in [0.2, 0.25) is 5.91 Å². The van der Waals surface area contributed by atoms with E-state index in [4.69, 9.17) is 4.74 Å². The van der Waals surface area contributed by atoms with E-state index in [9.17, 15) is 4.79 Å². The minimum absolute atomic E-state index is 0.213. The molecule has 0 spiro atoms. The number of hydrogen-bond acceptors (Lipinski definition) is 3. The summed E-state index contributed by atoms with van der Waals surface area (Å²) in [5.41, 5.74) is 0. The zero-order valence-corrected chi connectivity index (χ0v) is 9.95. The third-order valence-corrected chi connectivity index (χ3v) is 2.78. The molecule has 0 bridgehead atoms. The number of rotatable bonds is 4. The molecule has 0 aromatic carbocycles. The summed E-state index contributed by atoms with van der Waals surface area (Å²) in [6.07, 6.45) is 0.502.